The predicted molar refractivity (Wildman–Crippen MR) is 143 cm³/mol. The van der Waals surface area contributed by atoms with E-state index in [9.17, 15) is 4.79 Å². The minimum Gasteiger partial charge on any atom is -0.478 e. The molecule has 0 aliphatic rings. The predicted octanol–water partition coefficient (Wildman–Crippen LogP) is 6.77. The molecule has 174 valence electrons. The van der Waals surface area contributed by atoms with Crippen molar-refractivity contribution in [3.05, 3.63) is 101 Å². The van der Waals surface area contributed by atoms with Crippen LogP contribution in [0.5, 0.6) is 5.75 Å². The van der Waals surface area contributed by atoms with E-state index in [2.05, 4.69) is 30.1 Å². The van der Waals surface area contributed by atoms with E-state index < -0.39 is 5.97 Å². The molecule has 0 aliphatic heterocycles. The van der Waals surface area contributed by atoms with Gasteiger partial charge in [0, 0.05) is 6.08 Å². The second-order valence-corrected chi connectivity index (χ2v) is 8.56. The third-order valence-corrected chi connectivity index (χ3v) is 6.24. The summed E-state index contributed by atoms with van der Waals surface area (Å²) in [5, 5.41) is 23.8. The normalized spacial score (nSPS) is 11.9. The van der Waals surface area contributed by atoms with Crippen molar-refractivity contribution in [3.63, 3.8) is 0 Å². The second kappa shape index (κ2) is 10.7. The lowest BCUT2D eigenvalue weighted by molar-refractivity contribution is -0.131. The Balaban J connectivity index is 1.88. The first kappa shape index (κ1) is 23.8. The Bertz CT molecular complexity index is 1470. The van der Waals surface area contributed by atoms with Gasteiger partial charge in [0.25, 0.3) is 0 Å². The summed E-state index contributed by atoms with van der Waals surface area (Å²) in [6, 6.07) is 21.5. The maximum absolute atomic E-state index is 10.9. The van der Waals surface area contributed by atoms with Crippen LogP contribution in [0.3, 0.4) is 0 Å². The molecule has 0 saturated carbocycles. The van der Waals surface area contributed by atoms with E-state index in [1.54, 1.807) is 23.5 Å². The monoisotopic (exact) mass is 481 g/mol. The van der Waals surface area contributed by atoms with Crippen LogP contribution in [0.1, 0.15) is 35.6 Å². The molecule has 0 amide bonds. The van der Waals surface area contributed by atoms with E-state index in [0.717, 1.165) is 62.3 Å². The van der Waals surface area contributed by atoms with Crippen molar-refractivity contribution in [1.82, 2.24) is 4.98 Å². The van der Waals surface area contributed by atoms with Crippen molar-refractivity contribution in [3.8, 4) is 5.75 Å². The number of rotatable bonds is 8. The van der Waals surface area contributed by atoms with Gasteiger partial charge in [-0.2, -0.15) is 0 Å². The Morgan fingerprint density at radius 2 is 1.83 bits per heavy atom. The molecular formula is C28H23N3O3S. The van der Waals surface area contributed by atoms with Gasteiger partial charge in [-0.3, -0.25) is 5.41 Å². The average molecular weight is 482 g/mol. The van der Waals surface area contributed by atoms with E-state index in [4.69, 9.17) is 20.7 Å². The van der Waals surface area contributed by atoms with Crippen molar-refractivity contribution in [2.75, 3.05) is 0 Å². The summed E-state index contributed by atoms with van der Waals surface area (Å²) in [4.78, 5) is 15.4. The lowest BCUT2D eigenvalue weighted by atomic mass is 9.87. The standard InChI is InChI=1S/C28H23N3O3S/c1-2-23(20-4-3-5-22(14-20)34-26(30)16-29)28(21-11-12-25-24(15-21)31-17-35-25)19-9-6-18(7-10-19)8-13-27(32)33/h3-17,29-30H,2H2,1H3,(H,32,33)/b13-8+,28-23+,29-16?,30-26?. The summed E-state index contributed by atoms with van der Waals surface area (Å²) in [6.07, 6.45) is 4.28. The maximum Gasteiger partial charge on any atom is 0.328 e. The van der Waals surface area contributed by atoms with Crippen LogP contribution >= 0.6 is 11.3 Å². The number of hydrogen-bond acceptors (Lipinski definition) is 6. The Kier molecular flexibility index (Phi) is 7.28. The Labute approximate surface area is 206 Å². The first-order valence-corrected chi connectivity index (χ1v) is 11.8. The van der Waals surface area contributed by atoms with Crippen LogP contribution in [-0.4, -0.2) is 28.2 Å². The fourth-order valence-electron chi connectivity index (χ4n) is 3.89. The quantitative estimate of drug-likeness (QED) is 0.112. The van der Waals surface area contributed by atoms with Gasteiger partial charge in [0.1, 0.15) is 5.75 Å². The minimum absolute atomic E-state index is 0.233. The Morgan fingerprint density at radius 3 is 2.54 bits per heavy atom. The fraction of sp³-hybridized carbons (Fsp3) is 0.0714. The van der Waals surface area contributed by atoms with Crippen LogP contribution < -0.4 is 4.74 Å². The van der Waals surface area contributed by atoms with Crippen LogP contribution in [0.4, 0.5) is 0 Å². The number of carboxylic acids is 1. The van der Waals surface area contributed by atoms with Gasteiger partial charge < -0.3 is 15.3 Å². The summed E-state index contributed by atoms with van der Waals surface area (Å²) in [5.74, 6) is -0.730. The van der Waals surface area contributed by atoms with Crippen LogP contribution in [0.15, 0.2) is 78.3 Å². The second-order valence-electron chi connectivity index (χ2n) is 7.67. The zero-order valence-corrected chi connectivity index (χ0v) is 19.8. The number of ether oxygens (including phenoxy) is 1. The number of carbonyl (C=O) groups is 1. The van der Waals surface area contributed by atoms with Gasteiger partial charge in [0.05, 0.1) is 21.9 Å². The molecule has 0 bridgehead atoms. The number of aliphatic carboxylic acids is 1. The number of allylic oxidation sites excluding steroid dienone is 1. The van der Waals surface area contributed by atoms with E-state index >= 15 is 0 Å². The van der Waals surface area contributed by atoms with E-state index in [-0.39, 0.29) is 5.90 Å². The lowest BCUT2D eigenvalue weighted by Crippen LogP contribution is -2.07. The summed E-state index contributed by atoms with van der Waals surface area (Å²) in [6.45, 7) is 2.09. The molecule has 0 saturated heterocycles. The van der Waals surface area contributed by atoms with Crippen molar-refractivity contribution in [1.29, 1.82) is 10.8 Å². The molecule has 3 N–H and O–H groups in total. The summed E-state index contributed by atoms with van der Waals surface area (Å²) in [7, 11) is 0. The Morgan fingerprint density at radius 1 is 1.06 bits per heavy atom. The molecule has 0 radical (unpaired) electrons. The Hall–Kier alpha value is -4.36. The summed E-state index contributed by atoms with van der Waals surface area (Å²) in [5.41, 5.74) is 8.64. The third kappa shape index (κ3) is 5.59. The molecule has 1 aromatic heterocycles. The molecule has 0 unspecified atom stereocenters. The number of aromatic nitrogens is 1. The maximum atomic E-state index is 10.9. The molecule has 6 nitrogen and oxygen atoms in total. The third-order valence-electron chi connectivity index (χ3n) is 5.43. The highest BCUT2D eigenvalue weighted by atomic mass is 32.1. The number of carboxylic acid groups (broad SMARTS) is 1. The largest absolute Gasteiger partial charge is 0.478 e. The van der Waals surface area contributed by atoms with Gasteiger partial charge >= 0.3 is 5.97 Å². The molecule has 1 heterocycles. The molecule has 0 fully saturated rings. The van der Waals surface area contributed by atoms with E-state index in [1.807, 2.05) is 48.0 Å². The zero-order valence-electron chi connectivity index (χ0n) is 19.0. The van der Waals surface area contributed by atoms with Crippen molar-refractivity contribution < 1.29 is 14.6 Å². The van der Waals surface area contributed by atoms with E-state index in [0.29, 0.717) is 5.75 Å². The number of benzene rings is 3. The highest BCUT2D eigenvalue weighted by Crippen LogP contribution is 2.37. The first-order chi connectivity index (χ1) is 17.0. The average Bonchev–Trinajstić information content (AvgIpc) is 3.34. The number of nitrogens with one attached hydrogen (secondary N) is 2. The number of hydrogen-bond donors (Lipinski definition) is 3. The molecule has 7 heteroatoms. The molecule has 4 rings (SSSR count). The molecule has 0 spiro atoms. The number of fused-ring (bicyclic) bond motifs is 1. The van der Waals surface area contributed by atoms with Gasteiger partial charge in [0.2, 0.25) is 5.90 Å². The highest BCUT2D eigenvalue weighted by Gasteiger charge is 2.15. The number of nitrogens with zero attached hydrogens (tertiary/aromatic N) is 1. The van der Waals surface area contributed by atoms with Gasteiger partial charge in [-0.25, -0.2) is 9.78 Å². The SMILES string of the molecule is CC/C(=C(/c1ccc(/C=C/C(=O)O)cc1)c1ccc2scnc2c1)c1cccc(OC(=N)C=N)c1. The van der Waals surface area contributed by atoms with Crippen LogP contribution in [0.2, 0.25) is 0 Å². The van der Waals surface area contributed by atoms with Gasteiger partial charge in [-0.05, 0) is 70.2 Å². The molecule has 3 aromatic carbocycles. The van der Waals surface area contributed by atoms with Crippen molar-refractivity contribution in [2.45, 2.75) is 13.3 Å². The molecule has 0 aliphatic carbocycles. The number of thiazole rings is 1. The fourth-order valence-corrected chi connectivity index (χ4v) is 4.54. The van der Waals surface area contributed by atoms with Crippen molar-refractivity contribution >= 4 is 56.9 Å². The van der Waals surface area contributed by atoms with Crippen LogP contribution in [0.25, 0.3) is 27.4 Å². The van der Waals surface area contributed by atoms with E-state index in [1.165, 1.54) is 0 Å². The van der Waals surface area contributed by atoms with Crippen molar-refractivity contribution in [2.24, 2.45) is 0 Å². The highest BCUT2D eigenvalue weighted by molar-refractivity contribution is 7.16. The minimum atomic E-state index is -0.988. The molecule has 0 atom stereocenters. The molecular weight excluding hydrogens is 458 g/mol. The van der Waals surface area contributed by atoms with Gasteiger partial charge in [-0.1, -0.05) is 49.4 Å². The van der Waals surface area contributed by atoms with Gasteiger partial charge in [-0.15, -0.1) is 11.3 Å². The molecule has 35 heavy (non-hydrogen) atoms. The topological polar surface area (TPSA) is 107 Å². The summed E-state index contributed by atoms with van der Waals surface area (Å²) >= 11 is 1.60. The van der Waals surface area contributed by atoms with Crippen LogP contribution in [0, 0.1) is 10.8 Å². The lowest BCUT2D eigenvalue weighted by Gasteiger charge is -2.17. The first-order valence-electron chi connectivity index (χ1n) is 10.9. The smallest absolute Gasteiger partial charge is 0.328 e. The van der Waals surface area contributed by atoms with Crippen LogP contribution in [-0.2, 0) is 4.79 Å². The summed E-state index contributed by atoms with van der Waals surface area (Å²) < 4.78 is 6.56. The van der Waals surface area contributed by atoms with Gasteiger partial charge in [0.15, 0.2) is 0 Å². The zero-order chi connectivity index (χ0) is 24.8. The molecule has 4 aromatic rings.